The predicted molar refractivity (Wildman–Crippen MR) is 96.2 cm³/mol. The van der Waals surface area contributed by atoms with Gasteiger partial charge in [-0.25, -0.2) is 0 Å². The molecule has 0 radical (unpaired) electrons. The average Bonchev–Trinajstić information content (AvgIpc) is 3.14. The Bertz CT molecular complexity index is 617. The number of nitrogens with zero attached hydrogens (tertiary/aromatic N) is 1. The molecule has 1 amide bonds. The number of amides is 1. The van der Waals surface area contributed by atoms with Crippen molar-refractivity contribution in [3.8, 4) is 0 Å². The number of nitrogens with one attached hydrogen (secondary N) is 2. The van der Waals surface area contributed by atoms with Crippen molar-refractivity contribution < 1.29 is 9.21 Å². The lowest BCUT2D eigenvalue weighted by atomic mass is 10.1. The van der Waals surface area contributed by atoms with Gasteiger partial charge in [-0.05, 0) is 55.7 Å². The van der Waals surface area contributed by atoms with Crippen molar-refractivity contribution in [2.75, 3.05) is 29.9 Å². The van der Waals surface area contributed by atoms with Crippen molar-refractivity contribution in [1.82, 2.24) is 5.32 Å². The van der Waals surface area contributed by atoms with Gasteiger partial charge in [0.25, 0.3) is 0 Å². The third kappa shape index (κ3) is 4.86. The first-order valence-electron chi connectivity index (χ1n) is 8.69. The van der Waals surface area contributed by atoms with Gasteiger partial charge in [-0.1, -0.05) is 0 Å². The molecule has 1 aromatic carbocycles. The molecule has 0 atom stereocenters. The normalized spacial score (nSPS) is 14.6. The molecule has 5 heteroatoms. The van der Waals surface area contributed by atoms with Crippen LogP contribution in [0.5, 0.6) is 0 Å². The molecule has 2 heterocycles. The van der Waals surface area contributed by atoms with Crippen LogP contribution in [0, 0.1) is 0 Å². The van der Waals surface area contributed by atoms with Gasteiger partial charge < -0.3 is 20.0 Å². The first-order valence-corrected chi connectivity index (χ1v) is 8.69. The Morgan fingerprint density at radius 3 is 2.58 bits per heavy atom. The van der Waals surface area contributed by atoms with E-state index in [-0.39, 0.29) is 5.91 Å². The first-order chi connectivity index (χ1) is 11.8. The highest BCUT2D eigenvalue weighted by atomic mass is 16.3. The highest BCUT2D eigenvalue weighted by Crippen LogP contribution is 2.21. The number of benzene rings is 1. The third-order valence-electron chi connectivity index (χ3n) is 4.28. The zero-order valence-corrected chi connectivity index (χ0v) is 14.0. The highest BCUT2D eigenvalue weighted by Gasteiger charge is 2.10. The van der Waals surface area contributed by atoms with Gasteiger partial charge in [0.1, 0.15) is 5.76 Å². The summed E-state index contributed by atoms with van der Waals surface area (Å²) >= 11 is 0. The smallest absolute Gasteiger partial charge is 0.225 e. The predicted octanol–water partition coefficient (Wildman–Crippen LogP) is 3.39. The second-order valence-electron chi connectivity index (χ2n) is 6.15. The fourth-order valence-corrected chi connectivity index (χ4v) is 2.96. The first kappa shape index (κ1) is 16.6. The SMILES string of the molecule is O=C(CCNCc1ccco1)Nc1ccc(N2CCCCC2)cc1. The molecule has 1 aromatic heterocycles. The number of carbonyl (C=O) groups excluding carboxylic acids is 1. The standard InChI is InChI=1S/C19H25N3O2/c23-19(10-11-20-15-18-5-4-14-24-18)21-16-6-8-17(9-7-16)22-12-2-1-3-13-22/h4-9,14,20H,1-3,10-13,15H2,(H,21,23). The van der Waals surface area contributed by atoms with E-state index in [0.29, 0.717) is 19.5 Å². The number of furan rings is 1. The maximum absolute atomic E-state index is 12.0. The van der Waals surface area contributed by atoms with Crippen LogP contribution in [-0.4, -0.2) is 25.5 Å². The second-order valence-corrected chi connectivity index (χ2v) is 6.15. The number of piperidine rings is 1. The van der Waals surface area contributed by atoms with E-state index < -0.39 is 0 Å². The Kier molecular flexibility index (Phi) is 5.90. The van der Waals surface area contributed by atoms with Crippen LogP contribution in [0.25, 0.3) is 0 Å². The molecule has 1 saturated heterocycles. The second kappa shape index (κ2) is 8.55. The largest absolute Gasteiger partial charge is 0.468 e. The molecule has 0 spiro atoms. The molecule has 0 bridgehead atoms. The van der Waals surface area contributed by atoms with Crippen molar-refractivity contribution in [2.45, 2.75) is 32.2 Å². The molecular formula is C19H25N3O2. The fourth-order valence-electron chi connectivity index (χ4n) is 2.96. The van der Waals surface area contributed by atoms with Crippen molar-refractivity contribution in [3.05, 3.63) is 48.4 Å². The minimum atomic E-state index is 0.0210. The van der Waals surface area contributed by atoms with Gasteiger partial charge in [-0.2, -0.15) is 0 Å². The Morgan fingerprint density at radius 2 is 1.88 bits per heavy atom. The number of carbonyl (C=O) groups is 1. The van der Waals surface area contributed by atoms with Crippen LogP contribution >= 0.6 is 0 Å². The van der Waals surface area contributed by atoms with Crippen LogP contribution in [0.2, 0.25) is 0 Å². The van der Waals surface area contributed by atoms with Crippen LogP contribution in [0.4, 0.5) is 11.4 Å². The summed E-state index contributed by atoms with van der Waals surface area (Å²) in [5.41, 5.74) is 2.10. The Labute approximate surface area is 143 Å². The van der Waals surface area contributed by atoms with Gasteiger partial charge in [-0.15, -0.1) is 0 Å². The summed E-state index contributed by atoms with van der Waals surface area (Å²) in [5, 5.41) is 6.14. The summed E-state index contributed by atoms with van der Waals surface area (Å²) in [6.07, 6.45) is 5.96. The van der Waals surface area contributed by atoms with Gasteiger partial charge in [0.15, 0.2) is 0 Å². The van der Waals surface area contributed by atoms with E-state index in [9.17, 15) is 4.79 Å². The van der Waals surface area contributed by atoms with E-state index in [0.717, 1.165) is 24.5 Å². The number of anilines is 2. The minimum absolute atomic E-state index is 0.0210. The highest BCUT2D eigenvalue weighted by molar-refractivity contribution is 5.91. The van der Waals surface area contributed by atoms with Gasteiger partial charge in [0.2, 0.25) is 5.91 Å². The van der Waals surface area contributed by atoms with E-state index in [1.54, 1.807) is 6.26 Å². The van der Waals surface area contributed by atoms with E-state index >= 15 is 0 Å². The topological polar surface area (TPSA) is 57.5 Å². The van der Waals surface area contributed by atoms with Crippen LogP contribution in [0.1, 0.15) is 31.4 Å². The van der Waals surface area contributed by atoms with Gasteiger partial charge in [0.05, 0.1) is 12.8 Å². The molecule has 3 rings (SSSR count). The molecule has 5 nitrogen and oxygen atoms in total. The van der Waals surface area contributed by atoms with Gasteiger partial charge in [0, 0.05) is 37.4 Å². The lowest BCUT2D eigenvalue weighted by molar-refractivity contribution is -0.116. The maximum atomic E-state index is 12.0. The number of hydrogen-bond donors (Lipinski definition) is 2. The summed E-state index contributed by atoms with van der Waals surface area (Å²) in [6.45, 7) is 3.53. The fraction of sp³-hybridized carbons (Fsp3) is 0.421. The van der Waals surface area contributed by atoms with Crippen LogP contribution in [0.15, 0.2) is 47.1 Å². The molecule has 0 aliphatic carbocycles. The van der Waals surface area contributed by atoms with Crippen molar-refractivity contribution in [1.29, 1.82) is 0 Å². The van der Waals surface area contributed by atoms with E-state index in [2.05, 4.69) is 27.7 Å². The molecule has 0 unspecified atom stereocenters. The van der Waals surface area contributed by atoms with Crippen LogP contribution in [0.3, 0.4) is 0 Å². The molecule has 1 fully saturated rings. The lowest BCUT2D eigenvalue weighted by Gasteiger charge is -2.28. The zero-order valence-electron chi connectivity index (χ0n) is 14.0. The summed E-state index contributed by atoms with van der Waals surface area (Å²) in [7, 11) is 0. The van der Waals surface area contributed by atoms with Gasteiger partial charge >= 0.3 is 0 Å². The van der Waals surface area contributed by atoms with Crippen molar-refractivity contribution >= 4 is 17.3 Å². The quantitative estimate of drug-likeness (QED) is 0.765. The monoisotopic (exact) mass is 327 g/mol. The zero-order chi connectivity index (χ0) is 16.6. The molecule has 0 saturated carbocycles. The molecule has 1 aliphatic rings. The molecule has 24 heavy (non-hydrogen) atoms. The van der Waals surface area contributed by atoms with Crippen LogP contribution in [-0.2, 0) is 11.3 Å². The molecule has 2 N–H and O–H groups in total. The van der Waals surface area contributed by atoms with Gasteiger partial charge in [-0.3, -0.25) is 4.79 Å². The minimum Gasteiger partial charge on any atom is -0.468 e. The molecule has 1 aliphatic heterocycles. The number of rotatable bonds is 7. The van der Waals surface area contributed by atoms with Crippen LogP contribution < -0.4 is 15.5 Å². The van der Waals surface area contributed by atoms with Crippen molar-refractivity contribution in [3.63, 3.8) is 0 Å². The third-order valence-corrected chi connectivity index (χ3v) is 4.28. The Balaban J connectivity index is 1.39. The van der Waals surface area contributed by atoms with E-state index in [1.807, 2.05) is 24.3 Å². The summed E-state index contributed by atoms with van der Waals surface area (Å²) in [4.78, 5) is 14.4. The average molecular weight is 327 g/mol. The summed E-state index contributed by atoms with van der Waals surface area (Å²) in [5.74, 6) is 0.899. The molecule has 2 aromatic rings. The Morgan fingerprint density at radius 1 is 1.08 bits per heavy atom. The van der Waals surface area contributed by atoms with Crippen molar-refractivity contribution in [2.24, 2.45) is 0 Å². The lowest BCUT2D eigenvalue weighted by Crippen LogP contribution is -2.29. The van der Waals surface area contributed by atoms with E-state index in [1.165, 1.54) is 24.9 Å². The number of hydrogen-bond acceptors (Lipinski definition) is 4. The Hall–Kier alpha value is -2.27. The summed E-state index contributed by atoms with van der Waals surface area (Å²) < 4.78 is 5.23. The molecular weight excluding hydrogens is 302 g/mol. The molecule has 128 valence electrons. The van der Waals surface area contributed by atoms with E-state index in [4.69, 9.17) is 4.42 Å². The summed E-state index contributed by atoms with van der Waals surface area (Å²) in [6, 6.07) is 11.9. The maximum Gasteiger partial charge on any atom is 0.225 e.